The fourth-order valence-electron chi connectivity index (χ4n) is 3.99. The molecule has 0 atom stereocenters. The minimum atomic E-state index is -1.50. The van der Waals surface area contributed by atoms with Crippen molar-refractivity contribution < 1.29 is 23.8 Å². The number of rotatable bonds is 6. The molecule has 1 aromatic heterocycles. The van der Waals surface area contributed by atoms with Crippen LogP contribution in [0.4, 0.5) is 4.39 Å². The third-order valence-corrected chi connectivity index (χ3v) is 6.85. The highest BCUT2D eigenvalue weighted by molar-refractivity contribution is 6.42. The Morgan fingerprint density at radius 2 is 1.80 bits per heavy atom. The molecule has 1 aliphatic rings. The number of benzene rings is 2. The summed E-state index contributed by atoms with van der Waals surface area (Å²) < 4.78 is 22.0. The van der Waals surface area contributed by atoms with Gasteiger partial charge in [0.15, 0.2) is 0 Å². The van der Waals surface area contributed by atoms with Crippen LogP contribution in [-0.4, -0.2) is 27.7 Å². The van der Waals surface area contributed by atoms with E-state index in [2.05, 4.69) is 0 Å². The fourth-order valence-corrected chi connectivity index (χ4v) is 4.51. The molecule has 1 heterocycles. The highest BCUT2D eigenvalue weighted by atomic mass is 35.5. The number of hydrogen-bond donors (Lipinski definition) is 1. The number of aromatic nitrogens is 1. The Morgan fingerprint density at radius 3 is 2.37 bits per heavy atom. The second kappa shape index (κ2) is 9.64. The van der Waals surface area contributed by atoms with Gasteiger partial charge in [-0.2, -0.15) is 0 Å². The molecule has 6 nitrogen and oxygen atoms in total. The third kappa shape index (κ3) is 4.68. The molecule has 35 heavy (non-hydrogen) atoms. The van der Waals surface area contributed by atoms with E-state index in [9.17, 15) is 19.5 Å². The minimum Gasteiger partial charge on any atom is -0.477 e. The van der Waals surface area contributed by atoms with E-state index in [0.717, 1.165) is 25.0 Å². The smallest absolute Gasteiger partial charge is 0.341 e. The molecule has 0 unspecified atom stereocenters. The topological polar surface area (TPSA) is 85.6 Å². The lowest BCUT2D eigenvalue weighted by atomic mass is 9.95. The summed E-state index contributed by atoms with van der Waals surface area (Å²) >= 11 is 18.3. The maximum Gasteiger partial charge on any atom is 0.341 e. The maximum atomic E-state index is 15.1. The van der Waals surface area contributed by atoms with Crippen LogP contribution >= 0.6 is 34.8 Å². The van der Waals surface area contributed by atoms with Crippen molar-refractivity contribution >= 4 is 46.7 Å². The van der Waals surface area contributed by atoms with Crippen LogP contribution in [0.15, 0.2) is 35.1 Å². The SMILES string of the molecule is CCn1c(C)c(-c2cc(C(=O)OC3CC3)c(Cl)cc2F)c(=O)c(C(=O)O)c1-c1ccc(Cl)c(Cl)c1. The van der Waals surface area contributed by atoms with Crippen LogP contribution < -0.4 is 5.43 Å². The van der Waals surface area contributed by atoms with Gasteiger partial charge in [0.1, 0.15) is 17.5 Å². The Kier molecular flexibility index (Phi) is 6.95. The van der Waals surface area contributed by atoms with Crippen LogP contribution in [0.3, 0.4) is 0 Å². The number of halogens is 4. The Hall–Kier alpha value is -2.87. The molecule has 4 rings (SSSR count). The van der Waals surface area contributed by atoms with Gasteiger partial charge in [-0.25, -0.2) is 14.0 Å². The predicted octanol–water partition coefficient (Wildman–Crippen LogP) is 6.63. The van der Waals surface area contributed by atoms with Crippen molar-refractivity contribution in [3.05, 3.63) is 78.3 Å². The van der Waals surface area contributed by atoms with Crippen molar-refractivity contribution in [2.24, 2.45) is 0 Å². The molecule has 0 spiro atoms. The molecule has 0 radical (unpaired) electrons. The number of carboxylic acids is 1. The van der Waals surface area contributed by atoms with Gasteiger partial charge in [-0.1, -0.05) is 40.9 Å². The largest absolute Gasteiger partial charge is 0.477 e. The Labute approximate surface area is 214 Å². The normalized spacial score (nSPS) is 13.1. The zero-order valence-corrected chi connectivity index (χ0v) is 20.9. The summed E-state index contributed by atoms with van der Waals surface area (Å²) in [4.78, 5) is 38.4. The molecule has 0 amide bonds. The standard InChI is InChI=1S/C25H19Cl3FNO5/c1-3-30-11(2)20(15-9-14(17(27)10-19(15)29)25(34)35-13-5-6-13)23(31)21(24(32)33)22(30)12-4-7-16(26)18(28)8-12/h4,7-10,13H,3,5-6H2,1-2H3,(H,32,33). The van der Waals surface area contributed by atoms with E-state index in [1.165, 1.54) is 12.1 Å². The van der Waals surface area contributed by atoms with Gasteiger partial charge < -0.3 is 14.4 Å². The predicted molar refractivity (Wildman–Crippen MR) is 132 cm³/mol. The van der Waals surface area contributed by atoms with Gasteiger partial charge >= 0.3 is 11.9 Å². The van der Waals surface area contributed by atoms with Crippen molar-refractivity contribution in [2.75, 3.05) is 0 Å². The Morgan fingerprint density at radius 1 is 1.11 bits per heavy atom. The van der Waals surface area contributed by atoms with Crippen LogP contribution in [0.1, 0.15) is 46.2 Å². The van der Waals surface area contributed by atoms with Crippen LogP contribution in [0.25, 0.3) is 22.4 Å². The maximum absolute atomic E-state index is 15.1. The van der Waals surface area contributed by atoms with Gasteiger partial charge in [0, 0.05) is 23.4 Å². The van der Waals surface area contributed by atoms with Crippen LogP contribution in [0, 0.1) is 12.7 Å². The average Bonchev–Trinajstić information content (AvgIpc) is 3.60. The molecule has 10 heteroatoms. The summed E-state index contributed by atoms with van der Waals surface area (Å²) in [6.45, 7) is 3.58. The summed E-state index contributed by atoms with van der Waals surface area (Å²) in [7, 11) is 0. The average molecular weight is 539 g/mol. The summed E-state index contributed by atoms with van der Waals surface area (Å²) in [5.74, 6) is -3.11. The molecule has 0 saturated heterocycles. The third-order valence-electron chi connectivity index (χ3n) is 5.79. The van der Waals surface area contributed by atoms with Crippen molar-refractivity contribution in [3.8, 4) is 22.4 Å². The second-order valence-electron chi connectivity index (χ2n) is 8.11. The van der Waals surface area contributed by atoms with Gasteiger partial charge in [-0.3, -0.25) is 4.79 Å². The zero-order chi connectivity index (χ0) is 25.6. The zero-order valence-electron chi connectivity index (χ0n) is 18.6. The number of carboxylic acid groups (broad SMARTS) is 1. The lowest BCUT2D eigenvalue weighted by molar-refractivity contribution is 0.0472. The number of hydrogen-bond acceptors (Lipinski definition) is 4. The van der Waals surface area contributed by atoms with E-state index < -0.39 is 28.7 Å². The van der Waals surface area contributed by atoms with Crippen LogP contribution in [-0.2, 0) is 11.3 Å². The van der Waals surface area contributed by atoms with Crippen molar-refractivity contribution in [1.82, 2.24) is 4.57 Å². The molecule has 1 N–H and O–H groups in total. The molecule has 1 saturated carbocycles. The minimum absolute atomic E-state index is 0.104. The first-order valence-corrected chi connectivity index (χ1v) is 11.8. The molecular weight excluding hydrogens is 520 g/mol. The second-order valence-corrected chi connectivity index (χ2v) is 9.33. The van der Waals surface area contributed by atoms with Gasteiger partial charge in [0.25, 0.3) is 0 Å². The summed E-state index contributed by atoms with van der Waals surface area (Å²) in [5.41, 5.74) is -1.27. The van der Waals surface area contributed by atoms with E-state index in [-0.39, 0.29) is 50.1 Å². The van der Waals surface area contributed by atoms with Crippen molar-refractivity contribution in [2.45, 2.75) is 39.3 Å². The number of nitrogens with zero attached hydrogens (tertiary/aromatic N) is 1. The fraction of sp³-hybridized carbons (Fsp3) is 0.240. The summed E-state index contributed by atoms with van der Waals surface area (Å²) in [6.07, 6.45) is 1.25. The first-order chi connectivity index (χ1) is 16.5. The summed E-state index contributed by atoms with van der Waals surface area (Å²) in [6, 6.07) is 6.56. The Balaban J connectivity index is 2.02. The van der Waals surface area contributed by atoms with E-state index in [1.807, 2.05) is 0 Å². The first-order valence-electron chi connectivity index (χ1n) is 10.7. The number of ether oxygens (including phenoxy) is 1. The van der Waals surface area contributed by atoms with Gasteiger partial charge in [0.05, 0.1) is 31.9 Å². The lowest BCUT2D eigenvalue weighted by Crippen LogP contribution is -2.25. The number of esters is 1. The molecule has 1 aliphatic carbocycles. The van der Waals surface area contributed by atoms with Crippen LogP contribution in [0.5, 0.6) is 0 Å². The monoisotopic (exact) mass is 537 g/mol. The van der Waals surface area contributed by atoms with Crippen LogP contribution in [0.2, 0.25) is 15.1 Å². The number of carbonyl (C=O) groups is 2. The molecule has 0 aliphatic heterocycles. The highest BCUT2D eigenvalue weighted by Gasteiger charge is 2.30. The van der Waals surface area contributed by atoms with Gasteiger partial charge in [-0.05, 0) is 51.0 Å². The highest BCUT2D eigenvalue weighted by Crippen LogP contribution is 2.35. The number of aromatic carboxylic acids is 1. The quantitative estimate of drug-likeness (QED) is 0.356. The lowest BCUT2D eigenvalue weighted by Gasteiger charge is -2.22. The van der Waals surface area contributed by atoms with E-state index >= 15 is 4.39 Å². The molecule has 0 bridgehead atoms. The van der Waals surface area contributed by atoms with Crippen molar-refractivity contribution in [3.63, 3.8) is 0 Å². The molecule has 182 valence electrons. The van der Waals surface area contributed by atoms with Gasteiger partial charge in [0.2, 0.25) is 5.43 Å². The molecule has 2 aromatic carbocycles. The number of pyridine rings is 1. The van der Waals surface area contributed by atoms with E-state index in [4.69, 9.17) is 39.5 Å². The van der Waals surface area contributed by atoms with E-state index in [1.54, 1.807) is 24.5 Å². The molecular formula is C25H19Cl3FNO5. The Bertz CT molecular complexity index is 1450. The summed E-state index contributed by atoms with van der Waals surface area (Å²) in [5, 5.41) is 10.3. The molecule has 3 aromatic rings. The number of carbonyl (C=O) groups excluding carboxylic acids is 1. The first kappa shape index (κ1) is 25.2. The van der Waals surface area contributed by atoms with Crippen molar-refractivity contribution in [1.29, 1.82) is 0 Å². The van der Waals surface area contributed by atoms with Gasteiger partial charge in [-0.15, -0.1) is 0 Å². The van der Waals surface area contributed by atoms with E-state index in [0.29, 0.717) is 11.3 Å². The molecule has 1 fully saturated rings.